The van der Waals surface area contributed by atoms with E-state index in [-0.39, 0.29) is 30.6 Å². The lowest BCUT2D eigenvalue weighted by Crippen LogP contribution is -2.45. The second-order valence-electron chi connectivity index (χ2n) is 9.64. The molecule has 1 aromatic carbocycles. The molecule has 0 bridgehead atoms. The molecular formula is C26H35N5O4. The molecule has 0 atom stereocenters. The number of likely N-dealkylation sites (tertiary alicyclic amines) is 1. The van der Waals surface area contributed by atoms with Crippen LogP contribution in [0.2, 0.25) is 0 Å². The highest BCUT2D eigenvalue weighted by atomic mass is 16.5. The minimum absolute atomic E-state index is 0.0474. The second kappa shape index (κ2) is 11.5. The van der Waals surface area contributed by atoms with Crippen LogP contribution in [-0.2, 0) is 21.5 Å². The first kappa shape index (κ1) is 24.9. The van der Waals surface area contributed by atoms with Gasteiger partial charge in [0.05, 0.1) is 11.3 Å². The van der Waals surface area contributed by atoms with Gasteiger partial charge in [0.15, 0.2) is 5.82 Å². The predicted octanol–water partition coefficient (Wildman–Crippen LogP) is 3.95. The van der Waals surface area contributed by atoms with Crippen LogP contribution >= 0.6 is 0 Å². The molecule has 0 radical (unpaired) electrons. The van der Waals surface area contributed by atoms with Crippen LogP contribution in [0.5, 0.6) is 0 Å². The zero-order valence-electron chi connectivity index (χ0n) is 20.5. The summed E-state index contributed by atoms with van der Waals surface area (Å²) in [6.45, 7) is 3.01. The summed E-state index contributed by atoms with van der Waals surface area (Å²) in [5, 5.41) is 10.1. The zero-order valence-corrected chi connectivity index (χ0v) is 20.5. The van der Waals surface area contributed by atoms with Gasteiger partial charge in [-0.3, -0.25) is 14.4 Å². The average Bonchev–Trinajstić information content (AvgIpc) is 3.23. The molecule has 2 aromatic rings. The van der Waals surface area contributed by atoms with Crippen LogP contribution in [-0.4, -0.2) is 45.9 Å². The van der Waals surface area contributed by atoms with Crippen molar-refractivity contribution in [1.29, 1.82) is 0 Å². The lowest BCUT2D eigenvalue weighted by molar-refractivity contribution is -0.121. The number of para-hydroxylation sites is 1. The monoisotopic (exact) mass is 481 g/mol. The fraction of sp³-hybridized carbons (Fsp3) is 0.577. The van der Waals surface area contributed by atoms with E-state index in [1.165, 1.54) is 6.92 Å². The quantitative estimate of drug-likeness (QED) is 0.578. The van der Waals surface area contributed by atoms with Crippen molar-refractivity contribution >= 4 is 23.4 Å². The third-order valence-electron chi connectivity index (χ3n) is 6.91. The van der Waals surface area contributed by atoms with Crippen molar-refractivity contribution in [1.82, 2.24) is 20.4 Å². The minimum atomic E-state index is -0.611. The molecule has 1 saturated heterocycles. The fourth-order valence-electron chi connectivity index (χ4n) is 5.10. The van der Waals surface area contributed by atoms with Crippen molar-refractivity contribution in [2.24, 2.45) is 0 Å². The van der Waals surface area contributed by atoms with Crippen molar-refractivity contribution < 1.29 is 18.9 Å². The Balaban J connectivity index is 1.38. The lowest BCUT2D eigenvalue weighted by Gasteiger charge is -2.30. The van der Waals surface area contributed by atoms with Crippen molar-refractivity contribution in [2.45, 2.75) is 83.1 Å². The fourth-order valence-corrected chi connectivity index (χ4v) is 5.10. The van der Waals surface area contributed by atoms with Gasteiger partial charge in [-0.05, 0) is 44.2 Å². The first-order valence-electron chi connectivity index (χ1n) is 12.8. The first-order valence-corrected chi connectivity index (χ1v) is 12.8. The van der Waals surface area contributed by atoms with E-state index in [4.69, 9.17) is 4.52 Å². The Morgan fingerprint density at radius 2 is 1.69 bits per heavy atom. The van der Waals surface area contributed by atoms with Gasteiger partial charge in [-0.2, -0.15) is 4.98 Å². The number of aromatic nitrogens is 2. The largest absolute Gasteiger partial charge is 0.343 e. The summed E-state index contributed by atoms with van der Waals surface area (Å²) < 4.78 is 5.45. The van der Waals surface area contributed by atoms with Gasteiger partial charge in [-0.1, -0.05) is 43.0 Å². The molecular weight excluding hydrogens is 446 g/mol. The molecule has 0 spiro atoms. The molecule has 1 aromatic heterocycles. The predicted molar refractivity (Wildman–Crippen MR) is 131 cm³/mol. The third kappa shape index (κ3) is 6.26. The van der Waals surface area contributed by atoms with E-state index in [1.54, 1.807) is 18.2 Å². The maximum atomic E-state index is 13.0. The van der Waals surface area contributed by atoms with Crippen LogP contribution in [0.25, 0.3) is 0 Å². The maximum Gasteiger partial charge on any atom is 0.255 e. The van der Waals surface area contributed by atoms with Crippen LogP contribution in [0, 0.1) is 0 Å². The molecule has 2 fully saturated rings. The number of nitrogens with zero attached hydrogens (tertiary/aromatic N) is 3. The molecule has 2 aliphatic rings. The first-order chi connectivity index (χ1) is 17.0. The summed E-state index contributed by atoms with van der Waals surface area (Å²) >= 11 is 0. The number of hydrogen-bond acceptors (Lipinski definition) is 6. The summed E-state index contributed by atoms with van der Waals surface area (Å²) in [7, 11) is 0. The van der Waals surface area contributed by atoms with Gasteiger partial charge in [-0.25, -0.2) is 0 Å². The van der Waals surface area contributed by atoms with E-state index in [0.717, 1.165) is 70.9 Å². The number of anilines is 1. The standard InChI is InChI=1S/C26H35N5O4/c1-19(32)29-26(15-7-2-3-8-16-26)25-28-23(35-30-25)14-13-22(33)27-21-12-6-5-11-20(21)24(34)31-17-9-4-10-18-31/h5-6,11-12H,2-4,7-10,13-18H2,1H3,(H,27,33)(H,29,32). The van der Waals surface area contributed by atoms with E-state index >= 15 is 0 Å². The number of nitrogens with one attached hydrogen (secondary N) is 2. The molecule has 3 amide bonds. The number of aryl methyl sites for hydroxylation is 1. The van der Waals surface area contributed by atoms with Crippen LogP contribution in [0.3, 0.4) is 0 Å². The Labute approximate surface area is 206 Å². The third-order valence-corrected chi connectivity index (χ3v) is 6.91. The summed E-state index contributed by atoms with van der Waals surface area (Å²) in [5.41, 5.74) is 0.413. The number of amides is 3. The summed E-state index contributed by atoms with van der Waals surface area (Å²) in [6.07, 6.45) is 9.34. The number of carbonyl (C=O) groups is 3. The maximum absolute atomic E-state index is 13.0. The van der Waals surface area contributed by atoms with Crippen LogP contribution < -0.4 is 10.6 Å². The minimum Gasteiger partial charge on any atom is -0.343 e. The molecule has 1 aliphatic carbocycles. The van der Waals surface area contributed by atoms with Crippen molar-refractivity contribution in [2.75, 3.05) is 18.4 Å². The van der Waals surface area contributed by atoms with Gasteiger partial charge in [0.2, 0.25) is 17.7 Å². The van der Waals surface area contributed by atoms with Crippen molar-refractivity contribution in [3.05, 3.63) is 41.5 Å². The Morgan fingerprint density at radius 1 is 1.00 bits per heavy atom. The summed E-state index contributed by atoms with van der Waals surface area (Å²) in [4.78, 5) is 44.0. The molecule has 9 heteroatoms. The summed E-state index contributed by atoms with van der Waals surface area (Å²) in [6, 6.07) is 7.13. The Bertz CT molecular complexity index is 1040. The zero-order chi connectivity index (χ0) is 24.7. The molecule has 35 heavy (non-hydrogen) atoms. The molecule has 9 nitrogen and oxygen atoms in total. The summed E-state index contributed by atoms with van der Waals surface area (Å²) in [5.74, 6) is 0.461. The molecule has 1 saturated carbocycles. The molecule has 0 unspecified atom stereocenters. The SMILES string of the molecule is CC(=O)NC1(c2noc(CCC(=O)Nc3ccccc3C(=O)N3CCCCC3)n2)CCCCCC1. The average molecular weight is 482 g/mol. The smallest absolute Gasteiger partial charge is 0.255 e. The highest BCUT2D eigenvalue weighted by Crippen LogP contribution is 2.34. The highest BCUT2D eigenvalue weighted by molar-refractivity contribution is 6.03. The number of rotatable bonds is 7. The number of carbonyl (C=O) groups excluding carboxylic acids is 3. The van der Waals surface area contributed by atoms with Gasteiger partial charge < -0.3 is 20.1 Å². The Kier molecular flexibility index (Phi) is 8.15. The van der Waals surface area contributed by atoms with Gasteiger partial charge >= 0.3 is 0 Å². The Hall–Kier alpha value is -3.23. The number of hydrogen-bond donors (Lipinski definition) is 2. The van der Waals surface area contributed by atoms with E-state index in [9.17, 15) is 14.4 Å². The number of benzene rings is 1. The van der Waals surface area contributed by atoms with Gasteiger partial charge in [0.25, 0.3) is 5.91 Å². The lowest BCUT2D eigenvalue weighted by atomic mass is 9.89. The Morgan fingerprint density at radius 3 is 2.40 bits per heavy atom. The van der Waals surface area contributed by atoms with E-state index in [2.05, 4.69) is 20.8 Å². The van der Waals surface area contributed by atoms with Crippen LogP contribution in [0.1, 0.15) is 93.2 Å². The van der Waals surface area contributed by atoms with Gasteiger partial charge in [-0.15, -0.1) is 0 Å². The van der Waals surface area contributed by atoms with E-state index in [0.29, 0.717) is 23.0 Å². The van der Waals surface area contributed by atoms with E-state index in [1.807, 2.05) is 11.0 Å². The van der Waals surface area contributed by atoms with Gasteiger partial charge in [0, 0.05) is 32.9 Å². The van der Waals surface area contributed by atoms with Crippen LogP contribution in [0.15, 0.2) is 28.8 Å². The molecule has 2 N–H and O–H groups in total. The molecule has 188 valence electrons. The van der Waals surface area contributed by atoms with E-state index < -0.39 is 5.54 Å². The topological polar surface area (TPSA) is 117 Å². The van der Waals surface area contributed by atoms with Crippen molar-refractivity contribution in [3.8, 4) is 0 Å². The normalized spacial score (nSPS) is 17.9. The van der Waals surface area contributed by atoms with Crippen LogP contribution in [0.4, 0.5) is 5.69 Å². The highest BCUT2D eigenvalue weighted by Gasteiger charge is 2.38. The van der Waals surface area contributed by atoms with Crippen molar-refractivity contribution in [3.63, 3.8) is 0 Å². The molecule has 1 aliphatic heterocycles. The second-order valence-corrected chi connectivity index (χ2v) is 9.64. The molecule has 2 heterocycles. The number of piperidine rings is 1. The molecule has 4 rings (SSSR count). The van der Waals surface area contributed by atoms with Gasteiger partial charge in [0.1, 0.15) is 5.54 Å².